The van der Waals surface area contributed by atoms with E-state index in [2.05, 4.69) is 15.9 Å². The van der Waals surface area contributed by atoms with Gasteiger partial charge in [0, 0.05) is 18.8 Å². The summed E-state index contributed by atoms with van der Waals surface area (Å²) in [6.45, 7) is 3.08. The van der Waals surface area contributed by atoms with E-state index in [1.807, 2.05) is 0 Å². The van der Waals surface area contributed by atoms with Crippen LogP contribution in [0.25, 0.3) is 0 Å². The highest BCUT2D eigenvalue weighted by Crippen LogP contribution is 2.24. The summed E-state index contributed by atoms with van der Waals surface area (Å²) < 4.78 is 5.76. The number of benzene rings is 1. The summed E-state index contributed by atoms with van der Waals surface area (Å²) in [5.41, 5.74) is 6.52. The molecule has 2 N–H and O–H groups in total. The number of piperidine rings is 1. The summed E-state index contributed by atoms with van der Waals surface area (Å²) in [6.07, 6.45) is 2.37. The first kappa shape index (κ1) is 15.8. The lowest BCUT2D eigenvalue weighted by atomic mass is 10.1. The minimum Gasteiger partial charge on any atom is -0.449 e. The van der Waals surface area contributed by atoms with Crippen molar-refractivity contribution in [2.45, 2.75) is 32.3 Å². The third-order valence-corrected chi connectivity index (χ3v) is 4.43. The molecule has 2 rings (SSSR count). The number of amides is 1. The fourth-order valence-corrected chi connectivity index (χ4v) is 2.78. The van der Waals surface area contributed by atoms with Gasteiger partial charge in [-0.25, -0.2) is 4.79 Å². The monoisotopic (exact) mass is 354 g/mol. The zero-order chi connectivity index (χ0) is 15.4. The lowest BCUT2D eigenvalue weighted by Crippen LogP contribution is -2.42. The number of rotatable bonds is 3. The van der Waals surface area contributed by atoms with E-state index < -0.39 is 12.1 Å². The average molecular weight is 355 g/mol. The first-order valence-corrected chi connectivity index (χ1v) is 7.83. The van der Waals surface area contributed by atoms with Crippen LogP contribution in [0, 0.1) is 0 Å². The summed E-state index contributed by atoms with van der Waals surface area (Å²) >= 11 is 3.26. The van der Waals surface area contributed by atoms with Gasteiger partial charge in [-0.15, -0.1) is 0 Å². The maximum atomic E-state index is 12.2. The molecule has 0 saturated carbocycles. The third kappa shape index (κ3) is 3.75. The van der Waals surface area contributed by atoms with Crippen molar-refractivity contribution in [1.29, 1.82) is 0 Å². The van der Waals surface area contributed by atoms with Crippen molar-refractivity contribution in [1.82, 2.24) is 4.90 Å². The Bertz CT molecular complexity index is 542. The second kappa shape index (κ2) is 6.93. The van der Waals surface area contributed by atoms with Crippen LogP contribution in [0.15, 0.2) is 22.7 Å². The summed E-state index contributed by atoms with van der Waals surface area (Å²) in [4.78, 5) is 26.1. The fourth-order valence-electron chi connectivity index (χ4n) is 2.35. The molecule has 0 aromatic heterocycles. The first-order valence-electron chi connectivity index (χ1n) is 7.04. The zero-order valence-electron chi connectivity index (χ0n) is 12.0. The Morgan fingerprint density at radius 3 is 2.62 bits per heavy atom. The van der Waals surface area contributed by atoms with Crippen LogP contribution >= 0.6 is 15.9 Å². The molecule has 1 aliphatic heterocycles. The highest BCUT2D eigenvalue weighted by Gasteiger charge is 2.26. The molecular weight excluding hydrogens is 336 g/mol. The Kier molecular flexibility index (Phi) is 5.22. The summed E-state index contributed by atoms with van der Waals surface area (Å²) in [5.74, 6) is -0.685. The molecule has 0 radical (unpaired) electrons. The van der Waals surface area contributed by atoms with Gasteiger partial charge >= 0.3 is 5.97 Å². The number of esters is 1. The van der Waals surface area contributed by atoms with Crippen LogP contribution in [-0.4, -0.2) is 36.0 Å². The second-order valence-corrected chi connectivity index (χ2v) is 5.94. The molecule has 1 fully saturated rings. The highest BCUT2D eigenvalue weighted by molar-refractivity contribution is 9.10. The van der Waals surface area contributed by atoms with Crippen molar-refractivity contribution in [3.8, 4) is 0 Å². The van der Waals surface area contributed by atoms with Crippen LogP contribution in [-0.2, 0) is 9.53 Å². The van der Waals surface area contributed by atoms with Gasteiger partial charge in [0.2, 0.25) is 0 Å². The molecule has 114 valence electrons. The topological polar surface area (TPSA) is 72.6 Å². The minimum absolute atomic E-state index is 0.136. The van der Waals surface area contributed by atoms with Crippen molar-refractivity contribution >= 4 is 33.5 Å². The van der Waals surface area contributed by atoms with Crippen LogP contribution in [0.5, 0.6) is 0 Å². The van der Waals surface area contributed by atoms with E-state index in [-0.39, 0.29) is 5.91 Å². The predicted octanol–water partition coefficient (Wildman–Crippen LogP) is 2.59. The Morgan fingerprint density at radius 1 is 1.29 bits per heavy atom. The molecular formula is C15H19BrN2O3. The number of carbonyl (C=O) groups is 2. The van der Waals surface area contributed by atoms with Gasteiger partial charge in [-0.3, -0.25) is 4.79 Å². The standard InChI is InChI=1S/C15H19BrN2O3/c1-10(14(19)18-8-3-2-4-9-18)21-15(20)11-6-5-7-12(17)13(11)16/h5-7,10H,2-4,8-9,17H2,1H3. The summed E-state index contributed by atoms with van der Waals surface area (Å²) in [7, 11) is 0. The lowest BCUT2D eigenvalue weighted by Gasteiger charge is -2.29. The van der Waals surface area contributed by atoms with Crippen LogP contribution in [0.3, 0.4) is 0 Å². The van der Waals surface area contributed by atoms with E-state index in [0.29, 0.717) is 15.7 Å². The Labute approximate surface area is 132 Å². The van der Waals surface area contributed by atoms with E-state index in [1.165, 1.54) is 0 Å². The SMILES string of the molecule is CC(OC(=O)c1cccc(N)c1Br)C(=O)N1CCCCC1. The fraction of sp³-hybridized carbons (Fsp3) is 0.467. The molecule has 1 aromatic rings. The molecule has 1 heterocycles. The number of ether oxygens (including phenoxy) is 1. The molecule has 0 bridgehead atoms. The number of nitrogens with zero attached hydrogens (tertiary/aromatic N) is 1. The van der Waals surface area contributed by atoms with E-state index in [9.17, 15) is 9.59 Å². The Hall–Kier alpha value is -1.56. The van der Waals surface area contributed by atoms with Crippen LogP contribution in [0.2, 0.25) is 0 Å². The van der Waals surface area contributed by atoms with Gasteiger partial charge in [0.05, 0.1) is 10.0 Å². The Morgan fingerprint density at radius 2 is 1.95 bits per heavy atom. The van der Waals surface area contributed by atoms with Crippen molar-refractivity contribution in [3.05, 3.63) is 28.2 Å². The van der Waals surface area contributed by atoms with Gasteiger partial charge in [0.15, 0.2) is 6.10 Å². The molecule has 1 atom stereocenters. The maximum Gasteiger partial charge on any atom is 0.340 e. The average Bonchev–Trinajstić information content (AvgIpc) is 2.50. The largest absolute Gasteiger partial charge is 0.449 e. The quantitative estimate of drug-likeness (QED) is 0.668. The van der Waals surface area contributed by atoms with Crippen molar-refractivity contribution < 1.29 is 14.3 Å². The summed E-state index contributed by atoms with van der Waals surface area (Å²) in [5, 5.41) is 0. The summed E-state index contributed by atoms with van der Waals surface area (Å²) in [6, 6.07) is 4.97. The van der Waals surface area contributed by atoms with Gasteiger partial charge in [-0.1, -0.05) is 6.07 Å². The number of nitrogens with two attached hydrogens (primary N) is 1. The number of likely N-dealkylation sites (tertiary alicyclic amines) is 1. The number of hydrogen-bond donors (Lipinski definition) is 1. The number of hydrogen-bond acceptors (Lipinski definition) is 4. The molecule has 1 saturated heterocycles. The van der Waals surface area contributed by atoms with Gasteiger partial charge < -0.3 is 15.4 Å². The minimum atomic E-state index is -0.788. The normalized spacial score (nSPS) is 16.4. The smallest absolute Gasteiger partial charge is 0.340 e. The molecule has 21 heavy (non-hydrogen) atoms. The zero-order valence-corrected chi connectivity index (χ0v) is 13.6. The van der Waals surface area contributed by atoms with Gasteiger partial charge in [-0.05, 0) is 54.2 Å². The van der Waals surface area contributed by atoms with E-state index >= 15 is 0 Å². The number of nitrogen functional groups attached to an aromatic ring is 1. The van der Waals surface area contributed by atoms with Crippen molar-refractivity contribution in [2.75, 3.05) is 18.8 Å². The first-order chi connectivity index (χ1) is 10.0. The van der Waals surface area contributed by atoms with E-state index in [0.717, 1.165) is 32.4 Å². The second-order valence-electron chi connectivity index (χ2n) is 5.14. The Balaban J connectivity index is 2.01. The number of halogens is 1. The highest BCUT2D eigenvalue weighted by atomic mass is 79.9. The van der Waals surface area contributed by atoms with Crippen LogP contribution in [0.1, 0.15) is 36.5 Å². The number of carbonyl (C=O) groups excluding carboxylic acids is 2. The molecule has 1 aromatic carbocycles. The molecule has 1 amide bonds. The predicted molar refractivity (Wildman–Crippen MR) is 83.9 cm³/mol. The van der Waals surface area contributed by atoms with E-state index in [4.69, 9.17) is 10.5 Å². The van der Waals surface area contributed by atoms with Gasteiger partial charge in [0.25, 0.3) is 5.91 Å². The van der Waals surface area contributed by atoms with Gasteiger partial charge in [-0.2, -0.15) is 0 Å². The van der Waals surface area contributed by atoms with Crippen molar-refractivity contribution in [2.24, 2.45) is 0 Å². The number of anilines is 1. The van der Waals surface area contributed by atoms with Gasteiger partial charge in [0.1, 0.15) is 0 Å². The van der Waals surface area contributed by atoms with Crippen molar-refractivity contribution in [3.63, 3.8) is 0 Å². The van der Waals surface area contributed by atoms with Crippen LogP contribution in [0.4, 0.5) is 5.69 Å². The van der Waals surface area contributed by atoms with E-state index in [1.54, 1.807) is 30.0 Å². The lowest BCUT2D eigenvalue weighted by molar-refractivity contribution is -0.140. The molecule has 0 spiro atoms. The molecule has 5 nitrogen and oxygen atoms in total. The van der Waals surface area contributed by atoms with Crippen LogP contribution < -0.4 is 5.73 Å². The molecule has 1 unspecified atom stereocenters. The molecule has 6 heteroatoms. The molecule has 0 aliphatic carbocycles. The third-order valence-electron chi connectivity index (χ3n) is 3.55. The maximum absolute atomic E-state index is 12.2. The molecule has 1 aliphatic rings.